The van der Waals surface area contributed by atoms with Gasteiger partial charge in [-0.15, -0.1) is 11.8 Å². The van der Waals surface area contributed by atoms with E-state index in [0.29, 0.717) is 12.3 Å². The third-order valence-corrected chi connectivity index (χ3v) is 5.61. The lowest BCUT2D eigenvalue weighted by Gasteiger charge is -2.06. The fourth-order valence-corrected chi connectivity index (χ4v) is 3.73. The molecule has 2 aromatic carbocycles. The van der Waals surface area contributed by atoms with Crippen molar-refractivity contribution in [1.29, 1.82) is 0 Å². The number of aromatic nitrogens is 4. The number of H-pyrrole nitrogens is 1. The Bertz CT molecular complexity index is 1270. The van der Waals surface area contributed by atoms with Crippen molar-refractivity contribution in [2.24, 2.45) is 0 Å². The number of benzene rings is 2. The average molecular weight is 459 g/mol. The minimum atomic E-state index is -0.0840. The van der Waals surface area contributed by atoms with Crippen LogP contribution in [0.5, 0.6) is 11.5 Å². The summed E-state index contributed by atoms with van der Waals surface area (Å²) in [5, 5.41) is 0.854. The number of rotatable bonds is 10. The van der Waals surface area contributed by atoms with Crippen molar-refractivity contribution in [3.63, 3.8) is 0 Å². The number of nitrogens with zero attached hydrogens (tertiary/aromatic N) is 3. The zero-order valence-electron chi connectivity index (χ0n) is 18.0. The van der Waals surface area contributed by atoms with Crippen LogP contribution in [0, 0.1) is 0 Å². The first-order valence-corrected chi connectivity index (χ1v) is 11.2. The molecule has 0 aliphatic heterocycles. The molecular weight excluding hydrogens is 436 g/mol. The second kappa shape index (κ2) is 11.1. The number of nitrogens with one attached hydrogen (secondary N) is 1. The summed E-state index contributed by atoms with van der Waals surface area (Å²) < 4.78 is 10.9. The quantitative estimate of drug-likeness (QED) is 0.158. The lowest BCUT2D eigenvalue weighted by atomic mass is 10.1. The fourth-order valence-electron chi connectivity index (χ4n) is 2.95. The minimum Gasteiger partial charge on any atom is -0.497 e. The van der Waals surface area contributed by atoms with Crippen molar-refractivity contribution in [1.82, 2.24) is 19.9 Å². The Hall–Kier alpha value is -3.91. The predicted octanol–water partition coefficient (Wildman–Crippen LogP) is 4.83. The summed E-state index contributed by atoms with van der Waals surface area (Å²) in [7, 11) is 1.62. The van der Waals surface area contributed by atoms with Crippen LogP contribution in [0.2, 0.25) is 0 Å². The van der Waals surface area contributed by atoms with Gasteiger partial charge in [-0.3, -0.25) is 4.79 Å². The third-order valence-electron chi connectivity index (χ3n) is 4.66. The molecule has 0 amide bonds. The van der Waals surface area contributed by atoms with E-state index in [9.17, 15) is 4.79 Å². The number of hydrogen-bond donors (Lipinski definition) is 1. The number of methoxy groups -OCH3 is 1. The Labute approximate surface area is 195 Å². The number of fused-ring (bicyclic) bond motifs is 1. The number of allylic oxidation sites excluding steroid dienone is 2. The van der Waals surface area contributed by atoms with E-state index in [1.54, 1.807) is 49.5 Å². The lowest BCUT2D eigenvalue weighted by molar-refractivity contribution is -0.110. The van der Waals surface area contributed by atoms with Crippen molar-refractivity contribution in [3.8, 4) is 11.5 Å². The number of aromatic amines is 1. The molecular formula is C25H22N4O3S. The number of hydrogen-bond acceptors (Lipinski definition) is 7. The monoisotopic (exact) mass is 458 g/mol. The maximum Gasteiger partial charge on any atom is 0.181 e. The number of carbonyl (C=O) groups excluding carboxylic acids is 1. The smallest absolute Gasteiger partial charge is 0.181 e. The van der Waals surface area contributed by atoms with Gasteiger partial charge in [0, 0.05) is 5.75 Å². The molecule has 0 spiro atoms. The molecule has 0 aliphatic rings. The largest absolute Gasteiger partial charge is 0.497 e. The first kappa shape index (κ1) is 22.3. The number of ketones is 1. The van der Waals surface area contributed by atoms with Crippen molar-refractivity contribution in [3.05, 3.63) is 84.5 Å². The van der Waals surface area contributed by atoms with E-state index >= 15 is 0 Å². The highest BCUT2D eigenvalue weighted by molar-refractivity contribution is 7.99. The molecule has 2 heterocycles. The molecule has 0 aliphatic carbocycles. The maximum absolute atomic E-state index is 12.1. The van der Waals surface area contributed by atoms with Crippen molar-refractivity contribution in [2.75, 3.05) is 19.5 Å². The molecule has 166 valence electrons. The van der Waals surface area contributed by atoms with E-state index in [4.69, 9.17) is 9.47 Å². The Morgan fingerprint density at radius 1 is 0.939 bits per heavy atom. The Kier molecular flexibility index (Phi) is 7.50. The number of ether oxygens (including phenoxy) is 2. The van der Waals surface area contributed by atoms with Gasteiger partial charge < -0.3 is 14.5 Å². The van der Waals surface area contributed by atoms with Crippen LogP contribution in [0.15, 0.2) is 78.4 Å². The van der Waals surface area contributed by atoms with Gasteiger partial charge in [-0.25, -0.2) is 15.0 Å². The summed E-state index contributed by atoms with van der Waals surface area (Å²) in [4.78, 5) is 27.7. The number of thioether (sulfide) groups is 1. The summed E-state index contributed by atoms with van der Waals surface area (Å²) in [6.45, 7) is 0.536. The Morgan fingerprint density at radius 3 is 2.27 bits per heavy atom. The van der Waals surface area contributed by atoms with Crippen LogP contribution < -0.4 is 9.47 Å². The highest BCUT2D eigenvalue weighted by Crippen LogP contribution is 2.22. The Morgan fingerprint density at radius 2 is 1.61 bits per heavy atom. The SMILES string of the molecule is COc1ccc(/C=C/C(=O)/C=C/c2ccc(OCCSc3ncnc4nc[nH]c34)cc2)cc1. The summed E-state index contributed by atoms with van der Waals surface area (Å²) in [5.41, 5.74) is 3.36. The minimum absolute atomic E-state index is 0.0840. The van der Waals surface area contributed by atoms with Crippen molar-refractivity contribution >= 4 is 40.9 Å². The van der Waals surface area contributed by atoms with Gasteiger partial charge in [-0.05, 0) is 47.5 Å². The average Bonchev–Trinajstić information content (AvgIpc) is 3.35. The molecule has 33 heavy (non-hydrogen) atoms. The molecule has 8 heteroatoms. The van der Waals surface area contributed by atoms with E-state index in [2.05, 4.69) is 19.9 Å². The highest BCUT2D eigenvalue weighted by atomic mass is 32.2. The fraction of sp³-hybridized carbons (Fsp3) is 0.120. The maximum atomic E-state index is 12.1. The van der Waals surface area contributed by atoms with Gasteiger partial charge in [0.05, 0.1) is 20.0 Å². The van der Waals surface area contributed by atoms with Crippen LogP contribution in [-0.4, -0.2) is 45.2 Å². The first-order valence-electron chi connectivity index (χ1n) is 10.3. The molecule has 0 saturated carbocycles. The van der Waals surface area contributed by atoms with Gasteiger partial charge in [0.15, 0.2) is 11.4 Å². The molecule has 4 rings (SSSR count). The molecule has 0 saturated heterocycles. The van der Waals surface area contributed by atoms with Crippen LogP contribution >= 0.6 is 11.8 Å². The Balaban J connectivity index is 1.23. The number of imidazole rings is 1. The first-order chi connectivity index (χ1) is 16.2. The molecule has 0 unspecified atom stereocenters. The number of carbonyl (C=O) groups is 1. The molecule has 0 radical (unpaired) electrons. The summed E-state index contributed by atoms with van der Waals surface area (Å²) in [6, 6.07) is 15.1. The third kappa shape index (κ3) is 6.30. The van der Waals surface area contributed by atoms with Gasteiger partial charge in [0.2, 0.25) is 0 Å². The summed E-state index contributed by atoms with van der Waals surface area (Å²) >= 11 is 1.58. The van der Waals surface area contributed by atoms with Gasteiger partial charge in [0.1, 0.15) is 28.4 Å². The van der Waals surface area contributed by atoms with Crippen LogP contribution in [0.1, 0.15) is 11.1 Å². The topological polar surface area (TPSA) is 90.0 Å². The van der Waals surface area contributed by atoms with Gasteiger partial charge in [0.25, 0.3) is 0 Å². The van der Waals surface area contributed by atoms with E-state index < -0.39 is 0 Å². The zero-order chi connectivity index (χ0) is 22.9. The van der Waals surface area contributed by atoms with Gasteiger partial charge >= 0.3 is 0 Å². The molecule has 1 N–H and O–H groups in total. The van der Waals surface area contributed by atoms with Crippen LogP contribution in [0.25, 0.3) is 23.3 Å². The lowest BCUT2D eigenvalue weighted by Crippen LogP contribution is -2.00. The second-order valence-electron chi connectivity index (χ2n) is 6.89. The van der Waals surface area contributed by atoms with E-state index in [1.165, 1.54) is 6.33 Å². The second-order valence-corrected chi connectivity index (χ2v) is 7.97. The molecule has 7 nitrogen and oxygen atoms in total. The highest BCUT2D eigenvalue weighted by Gasteiger charge is 2.06. The van der Waals surface area contributed by atoms with E-state index in [1.807, 2.05) is 48.5 Å². The normalized spacial score (nSPS) is 11.4. The molecule has 0 atom stereocenters. The van der Waals surface area contributed by atoms with Crippen molar-refractivity contribution < 1.29 is 14.3 Å². The summed E-state index contributed by atoms with van der Waals surface area (Å²) in [5.74, 6) is 2.21. The standard InChI is InChI=1S/C25H22N4O3S/c1-31-21-10-4-18(5-11-21)2-8-20(30)9-3-19-6-12-22(13-7-19)32-14-15-33-25-23-24(27-16-26-23)28-17-29-25/h2-13,16-17H,14-15H2,1H3,(H,26,27,28,29)/b8-2+,9-3+. The van der Waals surface area contributed by atoms with E-state index in [-0.39, 0.29) is 5.78 Å². The van der Waals surface area contributed by atoms with E-state index in [0.717, 1.165) is 38.9 Å². The van der Waals surface area contributed by atoms with Gasteiger partial charge in [-0.1, -0.05) is 36.4 Å². The van der Waals surface area contributed by atoms with Crippen molar-refractivity contribution in [2.45, 2.75) is 5.03 Å². The predicted molar refractivity (Wildman–Crippen MR) is 130 cm³/mol. The molecule has 0 bridgehead atoms. The zero-order valence-corrected chi connectivity index (χ0v) is 18.8. The summed E-state index contributed by atoms with van der Waals surface area (Å²) in [6.07, 6.45) is 9.77. The molecule has 0 fully saturated rings. The van der Waals surface area contributed by atoms with Gasteiger partial charge in [-0.2, -0.15) is 0 Å². The van der Waals surface area contributed by atoms with Crippen LogP contribution in [0.4, 0.5) is 0 Å². The molecule has 4 aromatic rings. The molecule has 2 aromatic heterocycles. The van der Waals surface area contributed by atoms with Crippen LogP contribution in [-0.2, 0) is 4.79 Å². The van der Waals surface area contributed by atoms with Crippen LogP contribution in [0.3, 0.4) is 0 Å².